The number of ether oxygens (including phenoxy) is 2. The molecule has 0 radical (unpaired) electrons. The van der Waals surface area contributed by atoms with Crippen molar-refractivity contribution in [3.05, 3.63) is 35.9 Å². The number of unbranched alkanes of at least 4 members (excludes halogenated alkanes) is 2. The summed E-state index contributed by atoms with van der Waals surface area (Å²) in [5.41, 5.74) is 0.669. The standard InChI is InChI=1S/C20H28O4/c1-2-3-10-15-23-20(22)18(16-11-6-4-7-12-16)24-19(21)17-13-8-5-9-14-17/h4,6-7,11-12,17-18H,2-3,5,8-10,13-15H2,1H3. The van der Waals surface area contributed by atoms with Crippen molar-refractivity contribution >= 4 is 11.9 Å². The SMILES string of the molecule is CCCCCOC(=O)C(OC(=O)C1CCCCC1)c1ccccc1. The molecule has 1 atom stereocenters. The normalized spacial score (nSPS) is 16.4. The van der Waals surface area contributed by atoms with Crippen LogP contribution in [-0.4, -0.2) is 18.5 Å². The van der Waals surface area contributed by atoms with E-state index in [4.69, 9.17) is 9.47 Å². The summed E-state index contributed by atoms with van der Waals surface area (Å²) in [4.78, 5) is 24.9. The minimum Gasteiger partial charge on any atom is -0.463 e. The van der Waals surface area contributed by atoms with Crippen LogP contribution < -0.4 is 0 Å². The van der Waals surface area contributed by atoms with Crippen molar-refractivity contribution in [1.29, 1.82) is 0 Å². The summed E-state index contributed by atoms with van der Waals surface area (Å²) in [7, 11) is 0. The zero-order valence-corrected chi connectivity index (χ0v) is 14.5. The van der Waals surface area contributed by atoms with Gasteiger partial charge in [-0.1, -0.05) is 69.4 Å². The number of hydrogen-bond acceptors (Lipinski definition) is 4. The monoisotopic (exact) mass is 332 g/mol. The van der Waals surface area contributed by atoms with E-state index < -0.39 is 12.1 Å². The van der Waals surface area contributed by atoms with E-state index in [0.29, 0.717) is 12.2 Å². The molecule has 1 unspecified atom stereocenters. The number of carbonyl (C=O) groups is 2. The van der Waals surface area contributed by atoms with Crippen molar-refractivity contribution in [1.82, 2.24) is 0 Å². The highest BCUT2D eigenvalue weighted by atomic mass is 16.6. The Hall–Kier alpha value is -1.84. The molecular weight excluding hydrogens is 304 g/mol. The molecule has 1 aromatic carbocycles. The van der Waals surface area contributed by atoms with Gasteiger partial charge in [-0.15, -0.1) is 0 Å². The van der Waals surface area contributed by atoms with E-state index in [0.717, 1.165) is 44.9 Å². The van der Waals surface area contributed by atoms with Gasteiger partial charge in [-0.25, -0.2) is 4.79 Å². The molecule has 1 aliphatic carbocycles. The van der Waals surface area contributed by atoms with E-state index >= 15 is 0 Å². The van der Waals surface area contributed by atoms with Crippen LogP contribution in [0.1, 0.15) is 70.0 Å². The van der Waals surface area contributed by atoms with Gasteiger partial charge in [0, 0.05) is 5.56 Å². The predicted octanol–water partition coefficient (Wildman–Crippen LogP) is 4.58. The molecule has 4 nitrogen and oxygen atoms in total. The van der Waals surface area contributed by atoms with Crippen LogP contribution >= 0.6 is 0 Å². The number of carbonyl (C=O) groups excluding carboxylic acids is 2. The minimum absolute atomic E-state index is 0.0853. The van der Waals surface area contributed by atoms with Crippen LogP contribution in [0, 0.1) is 5.92 Å². The second-order valence-corrected chi connectivity index (χ2v) is 6.44. The quantitative estimate of drug-likeness (QED) is 0.516. The number of benzene rings is 1. The first-order valence-electron chi connectivity index (χ1n) is 9.14. The fraction of sp³-hybridized carbons (Fsp3) is 0.600. The summed E-state index contributed by atoms with van der Waals surface area (Å²) >= 11 is 0. The van der Waals surface area contributed by atoms with Gasteiger partial charge in [-0.2, -0.15) is 0 Å². The molecule has 1 aromatic rings. The second-order valence-electron chi connectivity index (χ2n) is 6.44. The van der Waals surface area contributed by atoms with Gasteiger partial charge in [0.1, 0.15) is 0 Å². The Morgan fingerprint density at radius 1 is 1.08 bits per heavy atom. The van der Waals surface area contributed by atoms with Crippen molar-refractivity contribution in [2.45, 2.75) is 64.4 Å². The zero-order chi connectivity index (χ0) is 17.2. The van der Waals surface area contributed by atoms with Crippen molar-refractivity contribution in [3.63, 3.8) is 0 Å². The topological polar surface area (TPSA) is 52.6 Å². The molecule has 0 N–H and O–H groups in total. The number of rotatable bonds is 8. The average molecular weight is 332 g/mol. The molecule has 0 saturated heterocycles. The molecule has 0 amide bonds. The lowest BCUT2D eigenvalue weighted by atomic mass is 9.89. The van der Waals surface area contributed by atoms with E-state index in [-0.39, 0.29) is 11.9 Å². The van der Waals surface area contributed by atoms with Crippen LogP contribution in [0.4, 0.5) is 0 Å². The Labute approximate surface area is 144 Å². The van der Waals surface area contributed by atoms with Crippen molar-refractivity contribution in [3.8, 4) is 0 Å². The van der Waals surface area contributed by atoms with E-state index in [2.05, 4.69) is 6.92 Å². The Bertz CT molecular complexity index is 506. The molecule has 0 aromatic heterocycles. The van der Waals surface area contributed by atoms with Gasteiger partial charge in [0.05, 0.1) is 12.5 Å². The van der Waals surface area contributed by atoms with Crippen LogP contribution in [0.5, 0.6) is 0 Å². The first-order valence-corrected chi connectivity index (χ1v) is 9.14. The Morgan fingerprint density at radius 2 is 1.79 bits per heavy atom. The van der Waals surface area contributed by atoms with E-state index in [1.165, 1.54) is 6.42 Å². The summed E-state index contributed by atoms with van der Waals surface area (Å²) in [5, 5.41) is 0. The molecule has 1 fully saturated rings. The molecule has 2 rings (SSSR count). The van der Waals surface area contributed by atoms with Gasteiger partial charge in [0.15, 0.2) is 0 Å². The molecule has 0 heterocycles. The largest absolute Gasteiger partial charge is 0.463 e. The molecule has 0 aliphatic heterocycles. The fourth-order valence-corrected chi connectivity index (χ4v) is 3.03. The Morgan fingerprint density at radius 3 is 2.46 bits per heavy atom. The third-order valence-electron chi connectivity index (χ3n) is 4.48. The van der Waals surface area contributed by atoms with Gasteiger partial charge in [-0.05, 0) is 19.3 Å². The van der Waals surface area contributed by atoms with Gasteiger partial charge in [-0.3, -0.25) is 4.79 Å². The van der Waals surface area contributed by atoms with E-state index in [1.807, 2.05) is 18.2 Å². The molecule has 1 saturated carbocycles. The highest BCUT2D eigenvalue weighted by molar-refractivity contribution is 5.81. The zero-order valence-electron chi connectivity index (χ0n) is 14.5. The number of esters is 2. The maximum Gasteiger partial charge on any atom is 0.352 e. The minimum atomic E-state index is -0.956. The molecule has 4 heteroatoms. The highest BCUT2D eigenvalue weighted by Gasteiger charge is 2.30. The van der Waals surface area contributed by atoms with Crippen molar-refractivity contribution in [2.24, 2.45) is 5.92 Å². The summed E-state index contributed by atoms with van der Waals surface area (Å²) in [6.45, 7) is 2.47. The van der Waals surface area contributed by atoms with Crippen LogP contribution in [0.2, 0.25) is 0 Å². The fourth-order valence-electron chi connectivity index (χ4n) is 3.03. The molecule has 24 heavy (non-hydrogen) atoms. The van der Waals surface area contributed by atoms with Crippen molar-refractivity contribution < 1.29 is 19.1 Å². The van der Waals surface area contributed by atoms with Crippen molar-refractivity contribution in [2.75, 3.05) is 6.61 Å². The third-order valence-corrected chi connectivity index (χ3v) is 4.48. The van der Waals surface area contributed by atoms with Gasteiger partial charge in [0.25, 0.3) is 0 Å². The molecule has 1 aliphatic rings. The summed E-state index contributed by atoms with van der Waals surface area (Å²) in [6, 6.07) is 9.14. The Kier molecular flexibility index (Phi) is 7.80. The van der Waals surface area contributed by atoms with Gasteiger partial charge < -0.3 is 9.47 Å². The molecule has 0 spiro atoms. The molecule has 0 bridgehead atoms. The van der Waals surface area contributed by atoms with Gasteiger partial charge in [0.2, 0.25) is 6.10 Å². The number of hydrogen-bond donors (Lipinski definition) is 0. The maximum absolute atomic E-state index is 12.4. The van der Waals surface area contributed by atoms with Crippen LogP contribution in [0.3, 0.4) is 0 Å². The summed E-state index contributed by atoms with van der Waals surface area (Å²) in [6.07, 6.45) is 6.95. The Balaban J connectivity index is 1.99. The average Bonchev–Trinajstić information content (AvgIpc) is 2.64. The second kappa shape index (κ2) is 10.1. The first kappa shape index (κ1) is 18.5. The maximum atomic E-state index is 12.4. The smallest absolute Gasteiger partial charge is 0.352 e. The lowest BCUT2D eigenvalue weighted by molar-refractivity contribution is -0.172. The molecular formula is C20H28O4. The van der Waals surface area contributed by atoms with E-state index in [9.17, 15) is 9.59 Å². The first-order chi connectivity index (χ1) is 11.7. The van der Waals surface area contributed by atoms with Crippen LogP contribution in [0.25, 0.3) is 0 Å². The van der Waals surface area contributed by atoms with Gasteiger partial charge >= 0.3 is 11.9 Å². The predicted molar refractivity (Wildman–Crippen MR) is 92.3 cm³/mol. The molecule has 132 valence electrons. The lowest BCUT2D eigenvalue weighted by Crippen LogP contribution is -2.27. The highest BCUT2D eigenvalue weighted by Crippen LogP contribution is 2.28. The van der Waals surface area contributed by atoms with Crippen LogP contribution in [-0.2, 0) is 19.1 Å². The van der Waals surface area contributed by atoms with Crippen LogP contribution in [0.15, 0.2) is 30.3 Å². The third kappa shape index (κ3) is 5.66. The van der Waals surface area contributed by atoms with E-state index in [1.54, 1.807) is 12.1 Å². The lowest BCUT2D eigenvalue weighted by Gasteiger charge is -2.23. The summed E-state index contributed by atoms with van der Waals surface area (Å²) < 4.78 is 10.9. The summed E-state index contributed by atoms with van der Waals surface area (Å²) in [5.74, 6) is -0.826.